The van der Waals surface area contributed by atoms with E-state index < -0.39 is 0 Å². The summed E-state index contributed by atoms with van der Waals surface area (Å²) in [5.74, 6) is 0.973. The number of benzene rings is 1. The van der Waals surface area contributed by atoms with Crippen molar-refractivity contribution in [3.8, 4) is 0 Å². The number of nitrogens with zero attached hydrogens (tertiary/aromatic N) is 1. The van der Waals surface area contributed by atoms with Crippen LogP contribution in [-0.4, -0.2) is 41.0 Å². The zero-order valence-corrected chi connectivity index (χ0v) is 13.9. The highest BCUT2D eigenvalue weighted by molar-refractivity contribution is 8.00. The fraction of sp³-hybridized carbons (Fsp3) is 0.588. The van der Waals surface area contributed by atoms with E-state index in [1.165, 1.54) is 0 Å². The Labute approximate surface area is 132 Å². The van der Waals surface area contributed by atoms with E-state index in [0.29, 0.717) is 17.9 Å². The zero-order valence-electron chi connectivity index (χ0n) is 13.1. The Balaban J connectivity index is 1.79. The minimum atomic E-state index is -0.100. The van der Waals surface area contributed by atoms with E-state index in [1.807, 2.05) is 49.0 Å². The van der Waals surface area contributed by atoms with Gasteiger partial charge in [0.2, 0.25) is 0 Å². The van der Waals surface area contributed by atoms with Gasteiger partial charge in [0.05, 0.1) is 5.92 Å². The summed E-state index contributed by atoms with van der Waals surface area (Å²) in [6.45, 7) is 8.70. The van der Waals surface area contributed by atoms with Gasteiger partial charge in [-0.05, 0) is 12.5 Å². The fourth-order valence-corrected chi connectivity index (χ4v) is 3.71. The number of hydrogen-bond donors (Lipinski definition) is 0. The van der Waals surface area contributed by atoms with Crippen LogP contribution in [0.5, 0.6) is 0 Å². The molecule has 1 aliphatic heterocycles. The number of rotatable bonds is 5. The first-order valence-corrected chi connectivity index (χ1v) is 8.69. The van der Waals surface area contributed by atoms with Crippen LogP contribution in [0.4, 0.5) is 0 Å². The van der Waals surface area contributed by atoms with Crippen LogP contribution in [0.1, 0.15) is 26.3 Å². The standard InChI is InChI=1S/C17H25NO2S/c1-13(11-18-9-10-21-15(3)14(18)2)17(19)20-12-16-7-5-4-6-8-16/h4-8,13-15H,9-12H2,1-3H3. The Bertz CT molecular complexity index is 451. The molecule has 0 amide bonds. The minimum absolute atomic E-state index is 0.0773. The lowest BCUT2D eigenvalue weighted by Gasteiger charge is -2.38. The van der Waals surface area contributed by atoms with Gasteiger partial charge in [-0.25, -0.2) is 0 Å². The molecule has 0 N–H and O–H groups in total. The largest absolute Gasteiger partial charge is 0.461 e. The number of carbonyl (C=O) groups excluding carboxylic acids is 1. The van der Waals surface area contributed by atoms with Gasteiger partial charge in [-0.1, -0.05) is 44.2 Å². The van der Waals surface area contributed by atoms with Crippen LogP contribution in [0.3, 0.4) is 0 Å². The third kappa shape index (κ3) is 4.75. The first kappa shape index (κ1) is 16.4. The minimum Gasteiger partial charge on any atom is -0.461 e. The van der Waals surface area contributed by atoms with Crippen molar-refractivity contribution >= 4 is 17.7 Å². The van der Waals surface area contributed by atoms with Gasteiger partial charge in [-0.2, -0.15) is 11.8 Å². The van der Waals surface area contributed by atoms with Gasteiger partial charge in [0.15, 0.2) is 0 Å². The Morgan fingerprint density at radius 3 is 2.81 bits per heavy atom. The second kappa shape index (κ2) is 7.85. The van der Waals surface area contributed by atoms with Crippen LogP contribution in [-0.2, 0) is 16.1 Å². The van der Waals surface area contributed by atoms with Crippen molar-refractivity contribution in [3.63, 3.8) is 0 Å². The number of ether oxygens (including phenoxy) is 1. The van der Waals surface area contributed by atoms with Crippen LogP contribution in [0.15, 0.2) is 30.3 Å². The molecule has 1 heterocycles. The molecule has 0 spiro atoms. The highest BCUT2D eigenvalue weighted by atomic mass is 32.2. The highest BCUT2D eigenvalue weighted by Crippen LogP contribution is 2.25. The third-order valence-electron chi connectivity index (χ3n) is 4.15. The van der Waals surface area contributed by atoms with Crippen molar-refractivity contribution in [3.05, 3.63) is 35.9 Å². The van der Waals surface area contributed by atoms with E-state index in [4.69, 9.17) is 4.74 Å². The molecule has 0 radical (unpaired) electrons. The maximum absolute atomic E-state index is 12.1. The molecular formula is C17H25NO2S. The maximum Gasteiger partial charge on any atom is 0.310 e. The molecule has 116 valence electrons. The summed E-state index contributed by atoms with van der Waals surface area (Å²) in [5, 5.41) is 0.631. The normalized spacial score (nSPS) is 24.5. The van der Waals surface area contributed by atoms with Gasteiger partial charge in [-0.15, -0.1) is 0 Å². The van der Waals surface area contributed by atoms with Gasteiger partial charge < -0.3 is 4.74 Å². The summed E-state index contributed by atoms with van der Waals surface area (Å²) in [6, 6.07) is 10.4. The van der Waals surface area contributed by atoms with Gasteiger partial charge >= 0.3 is 5.97 Å². The summed E-state index contributed by atoms with van der Waals surface area (Å²) in [5.41, 5.74) is 1.04. The van der Waals surface area contributed by atoms with Gasteiger partial charge in [0.1, 0.15) is 6.61 Å². The molecule has 0 saturated carbocycles. The van der Waals surface area contributed by atoms with Crippen LogP contribution in [0.25, 0.3) is 0 Å². The van der Waals surface area contributed by atoms with Crippen molar-refractivity contribution in [2.45, 2.75) is 38.7 Å². The Morgan fingerprint density at radius 1 is 1.38 bits per heavy atom. The second-order valence-corrected chi connectivity index (χ2v) is 7.29. The van der Waals surface area contributed by atoms with E-state index >= 15 is 0 Å². The first-order valence-electron chi connectivity index (χ1n) is 7.64. The lowest BCUT2D eigenvalue weighted by atomic mass is 10.1. The van der Waals surface area contributed by atoms with Gasteiger partial charge in [0, 0.05) is 30.1 Å². The van der Waals surface area contributed by atoms with Crippen LogP contribution >= 0.6 is 11.8 Å². The number of esters is 1. The monoisotopic (exact) mass is 307 g/mol. The molecule has 3 nitrogen and oxygen atoms in total. The van der Waals surface area contributed by atoms with Crippen molar-refractivity contribution in [2.75, 3.05) is 18.8 Å². The molecule has 0 bridgehead atoms. The second-order valence-electron chi connectivity index (χ2n) is 5.81. The topological polar surface area (TPSA) is 29.5 Å². The fourth-order valence-electron chi connectivity index (χ4n) is 2.55. The molecule has 21 heavy (non-hydrogen) atoms. The molecule has 1 aliphatic rings. The van der Waals surface area contributed by atoms with E-state index in [2.05, 4.69) is 18.7 Å². The summed E-state index contributed by atoms with van der Waals surface area (Å²) in [7, 11) is 0. The quantitative estimate of drug-likeness (QED) is 0.781. The zero-order chi connectivity index (χ0) is 15.2. The predicted octanol–water partition coefficient (Wildman–Crippen LogP) is 3.19. The molecule has 0 aromatic heterocycles. The lowest BCUT2D eigenvalue weighted by Crippen LogP contribution is -2.47. The average molecular weight is 307 g/mol. The predicted molar refractivity (Wildman–Crippen MR) is 88.4 cm³/mol. The SMILES string of the molecule is CC(CN1CCSC(C)C1C)C(=O)OCc1ccccc1. The molecule has 1 aromatic carbocycles. The van der Waals surface area contributed by atoms with Gasteiger partial charge in [0.25, 0.3) is 0 Å². The smallest absolute Gasteiger partial charge is 0.310 e. The summed E-state index contributed by atoms with van der Waals surface area (Å²) < 4.78 is 5.42. The van der Waals surface area contributed by atoms with E-state index in [-0.39, 0.29) is 11.9 Å². The molecule has 0 aliphatic carbocycles. The Morgan fingerprint density at radius 2 is 2.10 bits per heavy atom. The lowest BCUT2D eigenvalue weighted by molar-refractivity contribution is -0.150. The van der Waals surface area contributed by atoms with Crippen LogP contribution < -0.4 is 0 Å². The first-order chi connectivity index (χ1) is 10.1. The molecule has 2 rings (SSSR count). The Kier molecular flexibility index (Phi) is 6.12. The highest BCUT2D eigenvalue weighted by Gasteiger charge is 2.28. The van der Waals surface area contributed by atoms with Crippen molar-refractivity contribution in [2.24, 2.45) is 5.92 Å². The van der Waals surface area contributed by atoms with E-state index in [0.717, 1.165) is 24.4 Å². The van der Waals surface area contributed by atoms with Crippen molar-refractivity contribution in [1.82, 2.24) is 4.90 Å². The van der Waals surface area contributed by atoms with Crippen molar-refractivity contribution < 1.29 is 9.53 Å². The number of carbonyl (C=O) groups is 1. The number of hydrogen-bond acceptors (Lipinski definition) is 4. The molecule has 3 unspecified atom stereocenters. The van der Waals surface area contributed by atoms with Gasteiger partial charge in [-0.3, -0.25) is 9.69 Å². The molecular weight excluding hydrogens is 282 g/mol. The molecule has 1 aromatic rings. The number of thioether (sulfide) groups is 1. The van der Waals surface area contributed by atoms with Crippen molar-refractivity contribution in [1.29, 1.82) is 0 Å². The van der Waals surface area contributed by atoms with E-state index in [1.54, 1.807) is 0 Å². The molecule has 1 fully saturated rings. The summed E-state index contributed by atoms with van der Waals surface area (Å²) in [6.07, 6.45) is 0. The molecule has 1 saturated heterocycles. The summed E-state index contributed by atoms with van der Waals surface area (Å²) in [4.78, 5) is 14.5. The third-order valence-corrected chi connectivity index (χ3v) is 5.49. The molecule has 3 atom stereocenters. The van der Waals surface area contributed by atoms with E-state index in [9.17, 15) is 4.79 Å². The van der Waals surface area contributed by atoms with Crippen LogP contribution in [0.2, 0.25) is 0 Å². The molecule has 4 heteroatoms. The summed E-state index contributed by atoms with van der Waals surface area (Å²) >= 11 is 2.02. The Hall–Kier alpha value is -1.00. The van der Waals surface area contributed by atoms with Crippen LogP contribution in [0, 0.1) is 5.92 Å². The maximum atomic E-state index is 12.1. The average Bonchev–Trinajstić information content (AvgIpc) is 2.50.